The van der Waals surface area contributed by atoms with Crippen molar-refractivity contribution in [3.63, 3.8) is 0 Å². The van der Waals surface area contributed by atoms with Crippen LogP contribution in [-0.2, 0) is 6.18 Å². The topological polar surface area (TPSA) is 12.9 Å². The molecule has 3 aromatic rings. The molecule has 0 aliphatic carbocycles. The fourth-order valence-electron chi connectivity index (χ4n) is 2.34. The molecule has 3 rings (SSSR count). The molecular weight excluding hydrogens is 299 g/mol. The second-order valence-electron chi connectivity index (χ2n) is 4.53. The van der Waals surface area contributed by atoms with Crippen molar-refractivity contribution in [2.75, 3.05) is 0 Å². The Balaban J connectivity index is 2.46. The third-order valence-electron chi connectivity index (χ3n) is 3.19. The van der Waals surface area contributed by atoms with E-state index in [1.54, 1.807) is 42.5 Å². The van der Waals surface area contributed by atoms with Crippen LogP contribution in [0.25, 0.3) is 22.0 Å². The molecule has 0 aliphatic heterocycles. The maximum atomic E-state index is 13.6. The Morgan fingerprint density at radius 3 is 2.14 bits per heavy atom. The standard InChI is InChI=1S/C16H9ClF3N/c17-15-13(10-6-2-1-3-7-10)14(16(18,19)20)11-8-4-5-9-12(11)21-15/h1-9H. The van der Waals surface area contributed by atoms with Gasteiger partial charge in [-0.05, 0) is 11.6 Å². The molecule has 0 unspecified atom stereocenters. The molecule has 0 radical (unpaired) electrons. The van der Waals surface area contributed by atoms with Crippen LogP contribution < -0.4 is 0 Å². The van der Waals surface area contributed by atoms with E-state index < -0.39 is 11.7 Å². The van der Waals surface area contributed by atoms with Gasteiger partial charge in [-0.2, -0.15) is 13.2 Å². The van der Waals surface area contributed by atoms with Crippen molar-refractivity contribution in [1.29, 1.82) is 0 Å². The monoisotopic (exact) mass is 307 g/mol. The van der Waals surface area contributed by atoms with Crippen LogP contribution in [0.2, 0.25) is 5.15 Å². The van der Waals surface area contributed by atoms with Gasteiger partial charge in [0.25, 0.3) is 0 Å². The molecule has 0 bridgehead atoms. The Bertz CT molecular complexity index is 798. The first kappa shape index (κ1) is 13.9. The summed E-state index contributed by atoms with van der Waals surface area (Å²) in [6.45, 7) is 0. The minimum atomic E-state index is -4.52. The Morgan fingerprint density at radius 2 is 1.48 bits per heavy atom. The second-order valence-corrected chi connectivity index (χ2v) is 4.89. The zero-order chi connectivity index (χ0) is 15.0. The van der Waals surface area contributed by atoms with Crippen LogP contribution in [0.5, 0.6) is 0 Å². The van der Waals surface area contributed by atoms with Gasteiger partial charge in [0.15, 0.2) is 0 Å². The quantitative estimate of drug-likeness (QED) is 0.535. The molecule has 2 aromatic carbocycles. The maximum absolute atomic E-state index is 13.6. The smallest absolute Gasteiger partial charge is 0.235 e. The Kier molecular flexibility index (Phi) is 3.33. The van der Waals surface area contributed by atoms with Gasteiger partial charge in [-0.25, -0.2) is 4.98 Å². The lowest BCUT2D eigenvalue weighted by Crippen LogP contribution is -2.09. The molecule has 0 aliphatic rings. The van der Waals surface area contributed by atoms with Gasteiger partial charge < -0.3 is 0 Å². The average Bonchev–Trinajstić information content (AvgIpc) is 2.45. The number of para-hydroxylation sites is 1. The first-order valence-corrected chi connectivity index (χ1v) is 6.57. The zero-order valence-electron chi connectivity index (χ0n) is 10.7. The Hall–Kier alpha value is -2.07. The number of rotatable bonds is 1. The largest absolute Gasteiger partial charge is 0.417 e. The van der Waals surface area contributed by atoms with Crippen LogP contribution in [0.3, 0.4) is 0 Å². The number of hydrogen-bond donors (Lipinski definition) is 0. The van der Waals surface area contributed by atoms with Crippen LogP contribution in [0.4, 0.5) is 13.2 Å². The maximum Gasteiger partial charge on any atom is 0.417 e. The van der Waals surface area contributed by atoms with Crippen LogP contribution >= 0.6 is 11.6 Å². The van der Waals surface area contributed by atoms with Crippen LogP contribution in [0, 0.1) is 0 Å². The number of hydrogen-bond acceptors (Lipinski definition) is 1. The summed E-state index contributed by atoms with van der Waals surface area (Å²) < 4.78 is 40.7. The van der Waals surface area contributed by atoms with Crippen molar-refractivity contribution in [2.24, 2.45) is 0 Å². The summed E-state index contributed by atoms with van der Waals surface area (Å²) >= 11 is 6.04. The summed E-state index contributed by atoms with van der Waals surface area (Å²) in [5.74, 6) is 0. The average molecular weight is 308 g/mol. The lowest BCUT2D eigenvalue weighted by molar-refractivity contribution is -0.135. The van der Waals surface area contributed by atoms with Gasteiger partial charge in [0.05, 0.1) is 11.1 Å². The molecule has 0 amide bonds. The molecule has 1 heterocycles. The first-order chi connectivity index (χ1) is 9.98. The highest BCUT2D eigenvalue weighted by Crippen LogP contribution is 2.43. The van der Waals surface area contributed by atoms with Crippen molar-refractivity contribution in [3.05, 3.63) is 65.3 Å². The molecule has 0 atom stereocenters. The fraction of sp³-hybridized carbons (Fsp3) is 0.0625. The molecule has 0 saturated carbocycles. The van der Waals surface area contributed by atoms with Crippen molar-refractivity contribution in [2.45, 2.75) is 6.18 Å². The molecule has 1 aromatic heterocycles. The molecular formula is C16H9ClF3N. The van der Waals surface area contributed by atoms with E-state index in [0.717, 1.165) is 0 Å². The second kappa shape index (κ2) is 5.04. The van der Waals surface area contributed by atoms with Crippen LogP contribution in [-0.4, -0.2) is 4.98 Å². The van der Waals surface area contributed by atoms with Gasteiger partial charge in [-0.15, -0.1) is 0 Å². The highest BCUT2D eigenvalue weighted by molar-refractivity contribution is 6.33. The summed E-state index contributed by atoms with van der Waals surface area (Å²) in [7, 11) is 0. The predicted octanol–water partition coefficient (Wildman–Crippen LogP) is 5.57. The zero-order valence-corrected chi connectivity index (χ0v) is 11.4. The minimum absolute atomic E-state index is 0.0493. The van der Waals surface area contributed by atoms with Crippen molar-refractivity contribution >= 4 is 22.5 Å². The number of halogens is 4. The van der Waals surface area contributed by atoms with Gasteiger partial charge >= 0.3 is 6.18 Å². The number of pyridine rings is 1. The van der Waals surface area contributed by atoms with Gasteiger partial charge in [-0.1, -0.05) is 60.1 Å². The van der Waals surface area contributed by atoms with E-state index in [9.17, 15) is 13.2 Å². The van der Waals surface area contributed by atoms with E-state index in [0.29, 0.717) is 5.56 Å². The van der Waals surface area contributed by atoms with E-state index in [-0.39, 0.29) is 21.6 Å². The first-order valence-electron chi connectivity index (χ1n) is 6.19. The summed E-state index contributed by atoms with van der Waals surface area (Å²) in [5, 5.41) is -0.0968. The molecule has 0 spiro atoms. The lowest BCUT2D eigenvalue weighted by atomic mass is 9.97. The van der Waals surface area contributed by atoms with E-state index >= 15 is 0 Å². The third-order valence-corrected chi connectivity index (χ3v) is 3.47. The van der Waals surface area contributed by atoms with E-state index in [4.69, 9.17) is 11.6 Å². The number of fused-ring (bicyclic) bond motifs is 1. The SMILES string of the molecule is FC(F)(F)c1c(-c2ccccc2)c(Cl)nc2ccccc12. The van der Waals surface area contributed by atoms with Crippen molar-refractivity contribution in [1.82, 2.24) is 4.98 Å². The number of benzene rings is 2. The number of nitrogens with zero attached hydrogens (tertiary/aromatic N) is 1. The minimum Gasteiger partial charge on any atom is -0.235 e. The predicted molar refractivity (Wildman–Crippen MR) is 77.2 cm³/mol. The van der Waals surface area contributed by atoms with Gasteiger partial charge in [0, 0.05) is 10.9 Å². The summed E-state index contributed by atoms with van der Waals surface area (Å²) in [6.07, 6.45) is -4.52. The van der Waals surface area contributed by atoms with E-state index in [2.05, 4.69) is 4.98 Å². The highest BCUT2D eigenvalue weighted by Gasteiger charge is 2.37. The summed E-state index contributed by atoms with van der Waals surface area (Å²) in [4.78, 5) is 4.09. The third kappa shape index (κ3) is 2.47. The van der Waals surface area contributed by atoms with E-state index in [1.807, 2.05) is 0 Å². The van der Waals surface area contributed by atoms with Crippen LogP contribution in [0.1, 0.15) is 5.56 Å². The lowest BCUT2D eigenvalue weighted by Gasteiger charge is -2.17. The van der Waals surface area contributed by atoms with Crippen LogP contribution in [0.15, 0.2) is 54.6 Å². The summed E-state index contributed by atoms with van der Waals surface area (Å²) in [5.41, 5.74) is -0.199. The molecule has 5 heteroatoms. The fourth-order valence-corrected chi connectivity index (χ4v) is 2.64. The molecule has 106 valence electrons. The van der Waals surface area contributed by atoms with Gasteiger partial charge in [0.2, 0.25) is 0 Å². The van der Waals surface area contributed by atoms with E-state index in [1.165, 1.54) is 12.1 Å². The number of aromatic nitrogens is 1. The summed E-state index contributed by atoms with van der Waals surface area (Å²) in [6, 6.07) is 14.4. The molecule has 0 fully saturated rings. The molecule has 21 heavy (non-hydrogen) atoms. The Labute approximate surface area is 124 Å². The number of alkyl halides is 3. The van der Waals surface area contributed by atoms with Gasteiger partial charge in [0.1, 0.15) is 5.15 Å². The van der Waals surface area contributed by atoms with Crippen molar-refractivity contribution in [3.8, 4) is 11.1 Å². The molecule has 1 nitrogen and oxygen atoms in total. The molecule has 0 saturated heterocycles. The van der Waals surface area contributed by atoms with Crippen molar-refractivity contribution < 1.29 is 13.2 Å². The molecule has 0 N–H and O–H groups in total. The van der Waals surface area contributed by atoms with Gasteiger partial charge in [-0.3, -0.25) is 0 Å². The highest BCUT2D eigenvalue weighted by atomic mass is 35.5. The normalized spacial score (nSPS) is 11.8. The Morgan fingerprint density at radius 1 is 0.857 bits per heavy atom.